The van der Waals surface area contributed by atoms with E-state index in [-0.39, 0.29) is 36.2 Å². The lowest BCUT2D eigenvalue weighted by Crippen LogP contribution is -2.50. The van der Waals surface area contributed by atoms with Crippen molar-refractivity contribution in [1.82, 2.24) is 0 Å². The van der Waals surface area contributed by atoms with Crippen LogP contribution in [-0.2, 0) is 28.6 Å². The second-order valence-electron chi connectivity index (χ2n) is 16.3. The van der Waals surface area contributed by atoms with Crippen LogP contribution in [0.4, 0.5) is 0 Å². The lowest BCUT2D eigenvalue weighted by atomic mass is 10.1. The summed E-state index contributed by atoms with van der Waals surface area (Å²) in [5.74, 6) is -1.49. The van der Waals surface area contributed by atoms with Crippen molar-refractivity contribution < 1.29 is 38.2 Å². The average molecular weight is 801 g/mol. The first kappa shape index (κ1) is 54.0. The third kappa shape index (κ3) is 38.3. The third-order valence-corrected chi connectivity index (χ3v) is 9.90. The third-order valence-electron chi connectivity index (χ3n) is 9.90. The van der Waals surface area contributed by atoms with Crippen molar-refractivity contribution in [2.24, 2.45) is 0 Å². The molecule has 0 saturated carbocycles. The fourth-order valence-corrected chi connectivity index (χ4v) is 6.37. The van der Waals surface area contributed by atoms with Gasteiger partial charge in [-0.25, -0.2) is 4.79 Å². The minimum absolute atomic E-state index is 0.0534. The highest BCUT2D eigenvalue weighted by Crippen LogP contribution is 2.14. The van der Waals surface area contributed by atoms with Crippen LogP contribution >= 0.6 is 0 Å². The number of rotatable bonds is 40. The summed E-state index contributed by atoms with van der Waals surface area (Å²) in [6.45, 7) is 4.58. The zero-order valence-electron chi connectivity index (χ0n) is 37.3. The second kappa shape index (κ2) is 39.8. The van der Waals surface area contributed by atoms with Crippen LogP contribution in [0.25, 0.3) is 0 Å². The molecule has 0 aromatic carbocycles. The standard InChI is InChI=1S/C49H85NO7/c1-6-8-10-12-14-16-18-20-21-22-23-24-25-26-27-28-30-32-34-36-38-40-48(52)57-45(43-55-42-41-46(49(53)54)50(3,4)5)44-56-47(51)39-37-35-33-31-29-19-17-15-13-11-9-7-2/h8,10,14-17,20-21,23-24,45-46H,6-7,9,11-13,18-19,22,25-44H2,1-5H3/p+1/b10-8-,16-14-,17-15-,21-20-,24-23-. The zero-order chi connectivity index (χ0) is 42.1. The summed E-state index contributed by atoms with van der Waals surface area (Å²) >= 11 is 0. The van der Waals surface area contributed by atoms with Crippen LogP contribution in [0.2, 0.25) is 0 Å². The monoisotopic (exact) mass is 801 g/mol. The molecule has 2 unspecified atom stereocenters. The number of hydrogen-bond acceptors (Lipinski definition) is 6. The fraction of sp³-hybridized carbons (Fsp3) is 0.735. The predicted octanol–water partition coefficient (Wildman–Crippen LogP) is 12.6. The number of esters is 2. The van der Waals surface area contributed by atoms with Crippen LogP contribution in [0.15, 0.2) is 60.8 Å². The number of unbranched alkanes of at least 4 members (excludes halogenated alkanes) is 16. The highest BCUT2D eigenvalue weighted by molar-refractivity contribution is 5.72. The molecule has 0 amide bonds. The second-order valence-corrected chi connectivity index (χ2v) is 16.3. The van der Waals surface area contributed by atoms with Crippen LogP contribution in [0.3, 0.4) is 0 Å². The summed E-state index contributed by atoms with van der Waals surface area (Å²) in [5.41, 5.74) is 0. The lowest BCUT2D eigenvalue weighted by Gasteiger charge is -2.31. The van der Waals surface area contributed by atoms with Gasteiger partial charge in [0.2, 0.25) is 0 Å². The highest BCUT2D eigenvalue weighted by Gasteiger charge is 2.31. The van der Waals surface area contributed by atoms with E-state index in [9.17, 15) is 19.5 Å². The summed E-state index contributed by atoms with van der Waals surface area (Å²) in [5, 5.41) is 9.62. The van der Waals surface area contributed by atoms with E-state index >= 15 is 0 Å². The number of quaternary nitrogens is 1. The number of carbonyl (C=O) groups excluding carboxylic acids is 2. The number of carboxylic acids is 1. The Labute approximate surface area is 349 Å². The van der Waals surface area contributed by atoms with Gasteiger partial charge in [0.05, 0.1) is 34.4 Å². The summed E-state index contributed by atoms with van der Waals surface area (Å²) < 4.78 is 17.3. The van der Waals surface area contributed by atoms with Gasteiger partial charge in [-0.3, -0.25) is 9.59 Å². The molecule has 8 heteroatoms. The predicted molar refractivity (Wildman–Crippen MR) is 238 cm³/mol. The molecule has 0 heterocycles. The van der Waals surface area contributed by atoms with Gasteiger partial charge in [-0.2, -0.15) is 0 Å². The Kier molecular flexibility index (Phi) is 37.8. The van der Waals surface area contributed by atoms with E-state index in [4.69, 9.17) is 14.2 Å². The SMILES string of the molecule is CC/C=C\C/C=C\C/C=C\C/C=C\CCCCCCCCCCC(=O)OC(COCCC(C(=O)O)[N+](C)(C)C)COC(=O)CCCCCCC/C=C\CCCCC. The van der Waals surface area contributed by atoms with Crippen LogP contribution in [0.5, 0.6) is 0 Å². The number of ether oxygens (including phenoxy) is 3. The molecule has 57 heavy (non-hydrogen) atoms. The van der Waals surface area contributed by atoms with E-state index in [1.807, 2.05) is 21.1 Å². The molecule has 0 fully saturated rings. The highest BCUT2D eigenvalue weighted by atomic mass is 16.6. The van der Waals surface area contributed by atoms with Gasteiger partial charge in [0.1, 0.15) is 6.61 Å². The number of likely N-dealkylation sites (N-methyl/N-ethyl adjacent to an activating group) is 1. The van der Waals surface area contributed by atoms with Crippen LogP contribution in [-0.4, -0.2) is 80.6 Å². The van der Waals surface area contributed by atoms with E-state index < -0.39 is 18.1 Å². The van der Waals surface area contributed by atoms with Crippen molar-refractivity contribution in [3.05, 3.63) is 60.8 Å². The van der Waals surface area contributed by atoms with E-state index in [0.29, 0.717) is 19.3 Å². The molecular formula is C49H86NO7+. The van der Waals surface area contributed by atoms with Crippen LogP contribution in [0, 0.1) is 0 Å². The first-order valence-electron chi connectivity index (χ1n) is 22.8. The van der Waals surface area contributed by atoms with Crippen molar-refractivity contribution in [3.63, 3.8) is 0 Å². The zero-order valence-corrected chi connectivity index (χ0v) is 37.3. The number of carbonyl (C=O) groups is 3. The van der Waals surface area contributed by atoms with E-state index in [1.165, 1.54) is 64.2 Å². The Balaban J connectivity index is 4.32. The normalized spacial score (nSPS) is 13.5. The minimum atomic E-state index is -0.879. The quantitative estimate of drug-likeness (QED) is 0.0285. The molecule has 0 radical (unpaired) electrons. The molecule has 0 bridgehead atoms. The maximum absolute atomic E-state index is 12.7. The Morgan fingerprint density at radius 1 is 0.544 bits per heavy atom. The smallest absolute Gasteiger partial charge is 0.362 e. The van der Waals surface area contributed by atoms with Crippen LogP contribution in [0.1, 0.15) is 181 Å². The van der Waals surface area contributed by atoms with Gasteiger partial charge in [-0.05, 0) is 77.0 Å². The van der Waals surface area contributed by atoms with Crippen molar-refractivity contribution in [3.8, 4) is 0 Å². The topological polar surface area (TPSA) is 99.1 Å². The molecule has 0 spiro atoms. The average Bonchev–Trinajstić information content (AvgIpc) is 3.17. The summed E-state index contributed by atoms with van der Waals surface area (Å²) in [7, 11) is 5.52. The maximum atomic E-state index is 12.7. The van der Waals surface area contributed by atoms with Gasteiger partial charge < -0.3 is 23.8 Å². The number of hydrogen-bond donors (Lipinski definition) is 1. The molecule has 0 aromatic heterocycles. The van der Waals surface area contributed by atoms with E-state index in [1.54, 1.807) is 0 Å². The molecule has 328 valence electrons. The van der Waals surface area contributed by atoms with E-state index in [2.05, 4.69) is 74.6 Å². The van der Waals surface area contributed by atoms with Crippen LogP contribution < -0.4 is 0 Å². The van der Waals surface area contributed by atoms with Gasteiger partial charge in [-0.1, -0.05) is 145 Å². The molecule has 0 saturated heterocycles. The Bertz CT molecular complexity index is 1120. The van der Waals surface area contributed by atoms with Crippen molar-refractivity contribution in [2.45, 2.75) is 193 Å². The molecule has 0 aliphatic rings. The number of aliphatic carboxylic acids is 1. The van der Waals surface area contributed by atoms with Crippen molar-refractivity contribution in [1.29, 1.82) is 0 Å². The molecule has 0 rings (SSSR count). The van der Waals surface area contributed by atoms with Crippen molar-refractivity contribution in [2.75, 3.05) is 41.0 Å². The first-order chi connectivity index (χ1) is 27.6. The molecule has 0 aromatic rings. The summed E-state index contributed by atoms with van der Waals surface area (Å²) in [6.07, 6.45) is 48.3. The van der Waals surface area contributed by atoms with Gasteiger partial charge in [0.15, 0.2) is 12.1 Å². The molecule has 1 N–H and O–H groups in total. The maximum Gasteiger partial charge on any atom is 0.362 e. The minimum Gasteiger partial charge on any atom is -0.477 e. The molecule has 0 aliphatic heterocycles. The fourth-order valence-electron chi connectivity index (χ4n) is 6.37. The van der Waals surface area contributed by atoms with Gasteiger partial charge >= 0.3 is 17.9 Å². The molecule has 0 aliphatic carbocycles. The Morgan fingerprint density at radius 2 is 0.982 bits per heavy atom. The first-order valence-corrected chi connectivity index (χ1v) is 22.8. The van der Waals surface area contributed by atoms with Gasteiger partial charge in [-0.15, -0.1) is 0 Å². The molecular weight excluding hydrogens is 715 g/mol. The van der Waals surface area contributed by atoms with Crippen molar-refractivity contribution >= 4 is 17.9 Å². The largest absolute Gasteiger partial charge is 0.477 e. The van der Waals surface area contributed by atoms with E-state index in [0.717, 1.165) is 83.5 Å². The lowest BCUT2D eigenvalue weighted by molar-refractivity contribution is -0.887. The number of nitrogens with zero attached hydrogens (tertiary/aromatic N) is 1. The number of carboxylic acid groups (broad SMARTS) is 1. The summed E-state index contributed by atoms with van der Waals surface area (Å²) in [6, 6.07) is -0.619. The van der Waals surface area contributed by atoms with Gasteiger partial charge in [0, 0.05) is 19.3 Å². The Hall–Kier alpha value is -2.97. The molecule has 2 atom stereocenters. The Morgan fingerprint density at radius 3 is 1.47 bits per heavy atom. The molecule has 8 nitrogen and oxygen atoms in total. The summed E-state index contributed by atoms with van der Waals surface area (Å²) in [4.78, 5) is 37.0. The van der Waals surface area contributed by atoms with Gasteiger partial charge in [0.25, 0.3) is 0 Å². The number of allylic oxidation sites excluding steroid dienone is 10.